The summed E-state index contributed by atoms with van der Waals surface area (Å²) in [7, 11) is 0. The summed E-state index contributed by atoms with van der Waals surface area (Å²) in [4.78, 5) is 8.22. The highest BCUT2D eigenvalue weighted by molar-refractivity contribution is 5.32. The molecule has 1 aromatic heterocycles. The van der Waals surface area contributed by atoms with Crippen LogP contribution in [0.4, 0.5) is 5.82 Å². The zero-order chi connectivity index (χ0) is 11.8. The SMILES string of the molecule is CCOc1cncc(NCCC(O)CC)n1. The van der Waals surface area contributed by atoms with Gasteiger partial charge in [0.1, 0.15) is 5.82 Å². The molecule has 1 aromatic rings. The van der Waals surface area contributed by atoms with Crippen molar-refractivity contribution in [3.8, 4) is 5.88 Å². The van der Waals surface area contributed by atoms with Crippen LogP contribution in [0.25, 0.3) is 0 Å². The molecule has 0 aliphatic heterocycles. The number of ether oxygens (including phenoxy) is 1. The molecule has 0 aliphatic rings. The van der Waals surface area contributed by atoms with Gasteiger partial charge in [-0.25, -0.2) is 0 Å². The lowest BCUT2D eigenvalue weighted by atomic mass is 10.2. The lowest BCUT2D eigenvalue weighted by molar-refractivity contribution is 0.164. The van der Waals surface area contributed by atoms with Gasteiger partial charge in [-0.1, -0.05) is 6.92 Å². The highest BCUT2D eigenvalue weighted by Gasteiger charge is 2.01. The van der Waals surface area contributed by atoms with Crippen molar-refractivity contribution < 1.29 is 9.84 Å². The zero-order valence-corrected chi connectivity index (χ0v) is 9.81. The van der Waals surface area contributed by atoms with Crippen LogP contribution in [0, 0.1) is 0 Å². The van der Waals surface area contributed by atoms with Gasteiger partial charge >= 0.3 is 0 Å². The van der Waals surface area contributed by atoms with E-state index in [1.807, 2.05) is 13.8 Å². The second-order valence-corrected chi connectivity index (χ2v) is 3.45. The molecule has 0 bridgehead atoms. The van der Waals surface area contributed by atoms with Gasteiger partial charge in [0, 0.05) is 6.54 Å². The van der Waals surface area contributed by atoms with E-state index >= 15 is 0 Å². The molecule has 1 atom stereocenters. The topological polar surface area (TPSA) is 67.3 Å². The molecule has 0 aromatic carbocycles. The van der Waals surface area contributed by atoms with Crippen molar-refractivity contribution in [1.82, 2.24) is 9.97 Å². The van der Waals surface area contributed by atoms with E-state index < -0.39 is 0 Å². The largest absolute Gasteiger partial charge is 0.477 e. The van der Waals surface area contributed by atoms with Crippen molar-refractivity contribution in [2.24, 2.45) is 0 Å². The van der Waals surface area contributed by atoms with E-state index in [1.54, 1.807) is 12.4 Å². The summed E-state index contributed by atoms with van der Waals surface area (Å²) in [5.74, 6) is 1.19. The minimum Gasteiger partial charge on any atom is -0.477 e. The van der Waals surface area contributed by atoms with Crippen LogP contribution in [0.3, 0.4) is 0 Å². The lowest BCUT2D eigenvalue weighted by Gasteiger charge is -2.09. The third-order valence-electron chi connectivity index (χ3n) is 2.16. The molecule has 1 heterocycles. The molecule has 5 heteroatoms. The Bertz CT molecular complexity index is 307. The third kappa shape index (κ3) is 4.44. The van der Waals surface area contributed by atoms with Crippen molar-refractivity contribution >= 4 is 5.82 Å². The molecule has 0 saturated carbocycles. The third-order valence-corrected chi connectivity index (χ3v) is 2.16. The van der Waals surface area contributed by atoms with Crippen LogP contribution in [0.2, 0.25) is 0 Å². The molecule has 0 spiro atoms. The van der Waals surface area contributed by atoms with Gasteiger partial charge in [-0.15, -0.1) is 0 Å². The van der Waals surface area contributed by atoms with Crippen molar-refractivity contribution in [2.45, 2.75) is 32.8 Å². The van der Waals surface area contributed by atoms with E-state index in [2.05, 4.69) is 15.3 Å². The number of aliphatic hydroxyl groups excluding tert-OH is 1. The van der Waals surface area contributed by atoms with Crippen LogP contribution in [0.5, 0.6) is 5.88 Å². The average molecular weight is 225 g/mol. The predicted octanol–water partition coefficient (Wildman–Crippen LogP) is 1.45. The smallest absolute Gasteiger partial charge is 0.234 e. The Kier molecular flexibility index (Phi) is 5.56. The Labute approximate surface area is 95.9 Å². The summed E-state index contributed by atoms with van der Waals surface area (Å²) < 4.78 is 5.23. The quantitative estimate of drug-likeness (QED) is 0.735. The normalized spacial score (nSPS) is 12.2. The van der Waals surface area contributed by atoms with E-state index in [9.17, 15) is 5.11 Å². The van der Waals surface area contributed by atoms with Gasteiger partial charge in [0.2, 0.25) is 5.88 Å². The fourth-order valence-corrected chi connectivity index (χ4v) is 1.22. The van der Waals surface area contributed by atoms with Crippen LogP contribution in [0.15, 0.2) is 12.4 Å². The molecule has 0 fully saturated rings. The van der Waals surface area contributed by atoms with Crippen LogP contribution in [0.1, 0.15) is 26.7 Å². The summed E-state index contributed by atoms with van der Waals surface area (Å²) in [6.07, 6.45) is 4.44. The molecule has 1 unspecified atom stereocenters. The van der Waals surface area contributed by atoms with Crippen molar-refractivity contribution in [1.29, 1.82) is 0 Å². The standard InChI is InChI=1S/C11H19N3O2/c1-3-9(15)5-6-13-10-7-12-8-11(14-10)16-4-2/h7-9,15H,3-6H2,1-2H3,(H,13,14). The van der Waals surface area contributed by atoms with Gasteiger partial charge in [-0.3, -0.25) is 4.98 Å². The maximum atomic E-state index is 9.37. The number of nitrogens with zero attached hydrogens (tertiary/aromatic N) is 2. The van der Waals surface area contributed by atoms with Gasteiger partial charge < -0.3 is 15.2 Å². The van der Waals surface area contributed by atoms with Crippen molar-refractivity contribution in [2.75, 3.05) is 18.5 Å². The van der Waals surface area contributed by atoms with Gasteiger partial charge in [0.15, 0.2) is 0 Å². The first-order valence-corrected chi connectivity index (χ1v) is 5.63. The number of aliphatic hydroxyl groups is 1. The van der Waals surface area contributed by atoms with E-state index in [0.717, 1.165) is 6.42 Å². The summed E-state index contributed by atoms with van der Waals surface area (Å²) in [6.45, 7) is 5.12. The summed E-state index contributed by atoms with van der Waals surface area (Å²) in [5.41, 5.74) is 0. The second kappa shape index (κ2) is 7.00. The van der Waals surface area contributed by atoms with Crippen molar-refractivity contribution in [3.63, 3.8) is 0 Å². The number of aromatic nitrogens is 2. The monoisotopic (exact) mass is 225 g/mol. The molecule has 0 radical (unpaired) electrons. The summed E-state index contributed by atoms with van der Waals surface area (Å²) >= 11 is 0. The van der Waals surface area contributed by atoms with E-state index in [-0.39, 0.29) is 6.10 Å². The second-order valence-electron chi connectivity index (χ2n) is 3.45. The van der Waals surface area contributed by atoms with E-state index in [0.29, 0.717) is 31.3 Å². The van der Waals surface area contributed by atoms with Gasteiger partial charge in [0.25, 0.3) is 0 Å². The number of hydrogen-bond acceptors (Lipinski definition) is 5. The summed E-state index contributed by atoms with van der Waals surface area (Å²) in [5, 5.41) is 12.5. The zero-order valence-electron chi connectivity index (χ0n) is 9.81. The molecule has 0 aliphatic carbocycles. The Morgan fingerprint density at radius 3 is 2.94 bits per heavy atom. The van der Waals surface area contributed by atoms with Crippen molar-refractivity contribution in [3.05, 3.63) is 12.4 Å². The summed E-state index contributed by atoms with van der Waals surface area (Å²) in [6, 6.07) is 0. The van der Waals surface area contributed by atoms with Crippen LogP contribution < -0.4 is 10.1 Å². The lowest BCUT2D eigenvalue weighted by Crippen LogP contribution is -2.13. The molecule has 90 valence electrons. The van der Waals surface area contributed by atoms with Gasteiger partial charge in [-0.2, -0.15) is 4.98 Å². The molecule has 5 nitrogen and oxygen atoms in total. The highest BCUT2D eigenvalue weighted by Crippen LogP contribution is 2.09. The van der Waals surface area contributed by atoms with Gasteiger partial charge in [-0.05, 0) is 19.8 Å². The Hall–Kier alpha value is -1.36. The molecule has 16 heavy (non-hydrogen) atoms. The molecule has 0 saturated heterocycles. The van der Waals surface area contributed by atoms with Crippen LogP contribution >= 0.6 is 0 Å². The van der Waals surface area contributed by atoms with Crippen LogP contribution in [-0.2, 0) is 0 Å². The number of nitrogens with one attached hydrogen (secondary N) is 1. The molecule has 1 rings (SSSR count). The Morgan fingerprint density at radius 1 is 1.44 bits per heavy atom. The molecule has 0 amide bonds. The Morgan fingerprint density at radius 2 is 2.25 bits per heavy atom. The molecular weight excluding hydrogens is 206 g/mol. The number of anilines is 1. The number of hydrogen-bond donors (Lipinski definition) is 2. The minimum atomic E-state index is -0.254. The fraction of sp³-hybridized carbons (Fsp3) is 0.636. The average Bonchev–Trinajstić information content (AvgIpc) is 2.30. The molecular formula is C11H19N3O2. The number of rotatable bonds is 7. The Balaban J connectivity index is 2.38. The van der Waals surface area contributed by atoms with E-state index in [1.165, 1.54) is 0 Å². The highest BCUT2D eigenvalue weighted by atomic mass is 16.5. The van der Waals surface area contributed by atoms with Gasteiger partial charge in [0.05, 0.1) is 25.1 Å². The first-order valence-electron chi connectivity index (χ1n) is 5.63. The first-order chi connectivity index (χ1) is 7.76. The van der Waals surface area contributed by atoms with E-state index in [4.69, 9.17) is 4.74 Å². The maximum absolute atomic E-state index is 9.37. The molecule has 2 N–H and O–H groups in total. The predicted molar refractivity (Wildman–Crippen MR) is 62.6 cm³/mol. The maximum Gasteiger partial charge on any atom is 0.234 e. The minimum absolute atomic E-state index is 0.254. The fourth-order valence-electron chi connectivity index (χ4n) is 1.22. The van der Waals surface area contributed by atoms with Crippen LogP contribution in [-0.4, -0.2) is 34.3 Å². The first kappa shape index (κ1) is 12.7.